The van der Waals surface area contributed by atoms with Crippen molar-refractivity contribution in [3.8, 4) is 11.5 Å². The van der Waals surface area contributed by atoms with Crippen LogP contribution in [0.2, 0.25) is 0 Å². The standard InChI is InChI=1S/C25H34N2O5S/c1-31-24-10-5-4-9-22(24)23(27-16-6-3-7-17-27)19-26-25(28)11-8-18-32-20-12-14-21(15-13-20)33(2,29)30/h4-5,9-10,12-15,23H,3,6-8,11,16-19H2,1-2H3,(H,26,28). The molecule has 1 fully saturated rings. The molecule has 0 radical (unpaired) electrons. The summed E-state index contributed by atoms with van der Waals surface area (Å²) in [7, 11) is -1.54. The lowest BCUT2D eigenvalue weighted by Gasteiger charge is -2.35. The molecule has 0 bridgehead atoms. The molecule has 1 N–H and O–H groups in total. The summed E-state index contributed by atoms with van der Waals surface area (Å²) >= 11 is 0. The zero-order valence-corrected chi connectivity index (χ0v) is 20.3. The molecule has 0 saturated carbocycles. The molecule has 0 spiro atoms. The number of amides is 1. The van der Waals surface area contributed by atoms with E-state index in [0.717, 1.165) is 24.4 Å². The zero-order chi connectivity index (χ0) is 23.7. The molecule has 1 saturated heterocycles. The number of carbonyl (C=O) groups is 1. The van der Waals surface area contributed by atoms with Crippen LogP contribution in [-0.4, -0.2) is 58.8 Å². The van der Waals surface area contributed by atoms with Gasteiger partial charge in [0.25, 0.3) is 0 Å². The Morgan fingerprint density at radius 3 is 2.42 bits per heavy atom. The summed E-state index contributed by atoms with van der Waals surface area (Å²) in [4.78, 5) is 15.2. The maximum Gasteiger partial charge on any atom is 0.220 e. The van der Waals surface area contributed by atoms with Crippen LogP contribution in [0.1, 0.15) is 43.7 Å². The summed E-state index contributed by atoms with van der Waals surface area (Å²) in [5, 5.41) is 3.09. The van der Waals surface area contributed by atoms with Gasteiger partial charge in [-0.1, -0.05) is 24.6 Å². The number of hydrogen-bond acceptors (Lipinski definition) is 6. The summed E-state index contributed by atoms with van der Waals surface area (Å²) in [5.41, 5.74) is 1.10. The maximum absolute atomic E-state index is 12.5. The van der Waals surface area contributed by atoms with E-state index in [1.807, 2.05) is 18.2 Å². The largest absolute Gasteiger partial charge is 0.496 e. The van der Waals surface area contributed by atoms with E-state index in [9.17, 15) is 13.2 Å². The van der Waals surface area contributed by atoms with Gasteiger partial charge in [-0.05, 0) is 62.7 Å². The molecule has 7 nitrogen and oxygen atoms in total. The zero-order valence-electron chi connectivity index (χ0n) is 19.5. The van der Waals surface area contributed by atoms with Gasteiger partial charge in [0.2, 0.25) is 5.91 Å². The number of nitrogens with one attached hydrogen (secondary N) is 1. The highest BCUT2D eigenvalue weighted by Gasteiger charge is 2.25. The van der Waals surface area contributed by atoms with Gasteiger partial charge in [0, 0.05) is 24.8 Å². The lowest BCUT2D eigenvalue weighted by atomic mass is 10.0. The van der Waals surface area contributed by atoms with Crippen LogP contribution >= 0.6 is 0 Å². The van der Waals surface area contributed by atoms with Crippen LogP contribution in [0.4, 0.5) is 0 Å². The molecule has 1 unspecified atom stereocenters. The predicted molar refractivity (Wildman–Crippen MR) is 128 cm³/mol. The first-order valence-electron chi connectivity index (χ1n) is 11.4. The highest BCUT2D eigenvalue weighted by atomic mass is 32.2. The SMILES string of the molecule is COc1ccccc1C(CNC(=O)CCCOc1ccc(S(C)(=O)=O)cc1)N1CCCCC1. The Kier molecular flexibility index (Phi) is 9.14. The van der Waals surface area contributed by atoms with E-state index in [1.165, 1.54) is 37.7 Å². The summed E-state index contributed by atoms with van der Waals surface area (Å²) in [5.74, 6) is 1.42. The van der Waals surface area contributed by atoms with Gasteiger partial charge >= 0.3 is 0 Å². The monoisotopic (exact) mass is 474 g/mol. The third kappa shape index (κ3) is 7.47. The van der Waals surface area contributed by atoms with Gasteiger partial charge in [-0.25, -0.2) is 8.42 Å². The molecular formula is C25H34N2O5S. The predicted octanol–water partition coefficient (Wildman–Crippen LogP) is 3.60. The van der Waals surface area contributed by atoms with Crippen molar-refractivity contribution in [3.63, 3.8) is 0 Å². The molecule has 1 aliphatic rings. The van der Waals surface area contributed by atoms with Crippen LogP contribution in [-0.2, 0) is 14.6 Å². The van der Waals surface area contributed by atoms with Crippen molar-refractivity contribution in [1.29, 1.82) is 0 Å². The van der Waals surface area contributed by atoms with Gasteiger partial charge < -0.3 is 14.8 Å². The normalized spacial score (nSPS) is 15.6. The number of nitrogens with zero attached hydrogens (tertiary/aromatic N) is 1. The van der Waals surface area contributed by atoms with Gasteiger partial charge in [0.1, 0.15) is 11.5 Å². The number of piperidine rings is 1. The van der Waals surface area contributed by atoms with Crippen LogP contribution in [0.15, 0.2) is 53.4 Å². The highest BCUT2D eigenvalue weighted by Crippen LogP contribution is 2.30. The number of methoxy groups -OCH3 is 1. The van der Waals surface area contributed by atoms with Crippen molar-refractivity contribution in [2.75, 3.05) is 39.6 Å². The summed E-state index contributed by atoms with van der Waals surface area (Å²) in [6.07, 6.45) is 5.69. The number of ether oxygens (including phenoxy) is 2. The Balaban J connectivity index is 1.49. The van der Waals surface area contributed by atoms with Crippen molar-refractivity contribution < 1.29 is 22.7 Å². The molecule has 0 aromatic heterocycles. The first kappa shape index (κ1) is 25.1. The lowest BCUT2D eigenvalue weighted by Crippen LogP contribution is -2.40. The minimum Gasteiger partial charge on any atom is -0.496 e. The number of benzene rings is 2. The van der Waals surface area contributed by atoms with E-state index in [0.29, 0.717) is 31.7 Å². The van der Waals surface area contributed by atoms with E-state index < -0.39 is 9.84 Å². The summed E-state index contributed by atoms with van der Waals surface area (Å²) in [6.45, 7) is 2.95. The first-order valence-corrected chi connectivity index (χ1v) is 13.3. The van der Waals surface area contributed by atoms with Crippen molar-refractivity contribution in [3.05, 3.63) is 54.1 Å². The van der Waals surface area contributed by atoms with Crippen LogP contribution in [0, 0.1) is 0 Å². The van der Waals surface area contributed by atoms with Crippen molar-refractivity contribution in [2.24, 2.45) is 0 Å². The lowest BCUT2D eigenvalue weighted by molar-refractivity contribution is -0.121. The van der Waals surface area contributed by atoms with E-state index in [4.69, 9.17) is 9.47 Å². The minimum absolute atomic E-state index is 0.0112. The van der Waals surface area contributed by atoms with Gasteiger partial charge in [-0.3, -0.25) is 9.69 Å². The van der Waals surface area contributed by atoms with E-state index in [1.54, 1.807) is 19.2 Å². The molecule has 3 rings (SSSR count). The van der Waals surface area contributed by atoms with E-state index >= 15 is 0 Å². The van der Waals surface area contributed by atoms with E-state index in [-0.39, 0.29) is 16.8 Å². The second kappa shape index (κ2) is 12.0. The smallest absolute Gasteiger partial charge is 0.220 e. The van der Waals surface area contributed by atoms with Crippen LogP contribution in [0.25, 0.3) is 0 Å². The molecule has 1 atom stereocenters. The fraction of sp³-hybridized carbons (Fsp3) is 0.480. The van der Waals surface area contributed by atoms with Crippen LogP contribution in [0.5, 0.6) is 11.5 Å². The molecule has 2 aromatic rings. The minimum atomic E-state index is -3.22. The Morgan fingerprint density at radius 2 is 1.76 bits per heavy atom. The third-order valence-electron chi connectivity index (χ3n) is 5.89. The van der Waals surface area contributed by atoms with Crippen molar-refractivity contribution in [2.45, 2.75) is 43.0 Å². The molecule has 180 valence electrons. The number of carbonyl (C=O) groups excluding carboxylic acids is 1. The number of sulfone groups is 1. The topological polar surface area (TPSA) is 84.9 Å². The number of rotatable bonds is 11. The van der Waals surface area contributed by atoms with E-state index in [2.05, 4.69) is 16.3 Å². The Morgan fingerprint density at radius 1 is 1.06 bits per heavy atom. The summed E-state index contributed by atoms with van der Waals surface area (Å²) in [6, 6.07) is 14.4. The van der Waals surface area contributed by atoms with Gasteiger partial charge in [-0.15, -0.1) is 0 Å². The quantitative estimate of drug-likeness (QED) is 0.501. The molecule has 1 heterocycles. The fourth-order valence-electron chi connectivity index (χ4n) is 4.11. The average molecular weight is 475 g/mol. The van der Waals surface area contributed by atoms with Crippen molar-refractivity contribution >= 4 is 15.7 Å². The Bertz CT molecular complexity index is 1000. The van der Waals surface area contributed by atoms with Crippen LogP contribution in [0.3, 0.4) is 0 Å². The number of hydrogen-bond donors (Lipinski definition) is 1. The molecule has 1 aliphatic heterocycles. The number of para-hydroxylation sites is 1. The average Bonchev–Trinajstić information content (AvgIpc) is 2.82. The molecule has 1 amide bonds. The Hall–Kier alpha value is -2.58. The molecule has 8 heteroatoms. The summed E-state index contributed by atoms with van der Waals surface area (Å²) < 4.78 is 34.3. The molecule has 2 aromatic carbocycles. The second-order valence-electron chi connectivity index (χ2n) is 8.35. The molecule has 0 aliphatic carbocycles. The first-order chi connectivity index (χ1) is 15.9. The molecular weight excluding hydrogens is 440 g/mol. The van der Waals surface area contributed by atoms with Crippen LogP contribution < -0.4 is 14.8 Å². The Labute approximate surface area is 197 Å². The van der Waals surface area contributed by atoms with Gasteiger partial charge in [0.15, 0.2) is 9.84 Å². The maximum atomic E-state index is 12.5. The highest BCUT2D eigenvalue weighted by molar-refractivity contribution is 7.90. The fourth-order valence-corrected chi connectivity index (χ4v) is 4.74. The van der Waals surface area contributed by atoms with Gasteiger partial charge in [-0.2, -0.15) is 0 Å². The van der Waals surface area contributed by atoms with Gasteiger partial charge in [0.05, 0.1) is 24.7 Å². The van der Waals surface area contributed by atoms with Crippen molar-refractivity contribution in [1.82, 2.24) is 10.2 Å². The second-order valence-corrected chi connectivity index (χ2v) is 10.4. The third-order valence-corrected chi connectivity index (χ3v) is 7.02. The molecule has 33 heavy (non-hydrogen) atoms. The number of likely N-dealkylation sites (tertiary alicyclic amines) is 1.